The first-order valence-electron chi connectivity index (χ1n) is 7.00. The van der Waals surface area contributed by atoms with Crippen LogP contribution in [0.2, 0.25) is 0 Å². The second-order valence-corrected chi connectivity index (χ2v) is 4.68. The minimum atomic E-state index is -2.85. The summed E-state index contributed by atoms with van der Waals surface area (Å²) in [4.78, 5) is 4.05. The molecule has 0 saturated carbocycles. The molecule has 3 aromatic rings. The first-order valence-corrected chi connectivity index (χ1v) is 7.00. The lowest BCUT2D eigenvalue weighted by Crippen LogP contribution is -2.07. The van der Waals surface area contributed by atoms with Gasteiger partial charge in [-0.05, 0) is 24.3 Å². The number of nitrogens with one attached hydrogen (secondary N) is 1. The summed E-state index contributed by atoms with van der Waals surface area (Å²) in [6.45, 7) is -0.476. The summed E-state index contributed by atoms with van der Waals surface area (Å²) >= 11 is 0. The van der Waals surface area contributed by atoms with Gasteiger partial charge in [-0.1, -0.05) is 6.92 Å². The van der Waals surface area contributed by atoms with Crippen molar-refractivity contribution >= 4 is 11.5 Å². The SMILES string of the molecule is CCc1nnc2ccc(NCc3ccc(OC(F)F)cn3)nn12. The van der Waals surface area contributed by atoms with Crippen molar-refractivity contribution in [3.63, 3.8) is 0 Å². The molecule has 0 aliphatic heterocycles. The van der Waals surface area contributed by atoms with Gasteiger partial charge in [-0.15, -0.1) is 15.3 Å². The third-order valence-electron chi connectivity index (χ3n) is 3.12. The van der Waals surface area contributed by atoms with Crippen molar-refractivity contribution in [3.05, 3.63) is 42.0 Å². The van der Waals surface area contributed by atoms with Crippen LogP contribution in [0.3, 0.4) is 0 Å². The number of aromatic nitrogens is 5. The summed E-state index contributed by atoms with van der Waals surface area (Å²) in [6.07, 6.45) is 1.99. The van der Waals surface area contributed by atoms with E-state index in [1.165, 1.54) is 12.3 Å². The lowest BCUT2D eigenvalue weighted by atomic mass is 10.3. The van der Waals surface area contributed by atoms with Crippen LogP contribution in [0.4, 0.5) is 14.6 Å². The third kappa shape index (κ3) is 3.50. The highest BCUT2D eigenvalue weighted by Gasteiger charge is 2.07. The van der Waals surface area contributed by atoms with Crippen LogP contribution in [0.25, 0.3) is 5.65 Å². The van der Waals surface area contributed by atoms with Gasteiger partial charge in [0.2, 0.25) is 0 Å². The molecule has 0 bridgehead atoms. The van der Waals surface area contributed by atoms with E-state index in [0.29, 0.717) is 23.7 Å². The van der Waals surface area contributed by atoms with Crippen molar-refractivity contribution in [2.75, 3.05) is 5.32 Å². The molecule has 0 saturated heterocycles. The number of aryl methyl sites for hydroxylation is 1. The van der Waals surface area contributed by atoms with E-state index >= 15 is 0 Å². The van der Waals surface area contributed by atoms with Gasteiger partial charge < -0.3 is 10.1 Å². The van der Waals surface area contributed by atoms with Crippen LogP contribution < -0.4 is 10.1 Å². The van der Waals surface area contributed by atoms with Crippen molar-refractivity contribution in [3.8, 4) is 5.75 Å². The van der Waals surface area contributed by atoms with Crippen LogP contribution in [0, 0.1) is 0 Å². The Bertz CT molecular complexity index is 790. The van der Waals surface area contributed by atoms with E-state index in [1.807, 2.05) is 13.0 Å². The summed E-state index contributed by atoms with van der Waals surface area (Å²) in [5.41, 5.74) is 1.35. The van der Waals surface area contributed by atoms with Gasteiger partial charge >= 0.3 is 6.61 Å². The molecule has 0 aliphatic carbocycles. The molecule has 0 atom stereocenters. The summed E-state index contributed by atoms with van der Waals surface area (Å²) in [6, 6.07) is 6.66. The number of rotatable bonds is 6. The number of nitrogens with zero attached hydrogens (tertiary/aromatic N) is 5. The third-order valence-corrected chi connectivity index (χ3v) is 3.12. The Morgan fingerprint density at radius 1 is 1.22 bits per heavy atom. The number of ether oxygens (including phenoxy) is 1. The van der Waals surface area contributed by atoms with Gasteiger partial charge in [0, 0.05) is 6.42 Å². The van der Waals surface area contributed by atoms with Gasteiger partial charge in [-0.3, -0.25) is 4.98 Å². The van der Waals surface area contributed by atoms with Crippen LogP contribution in [0.1, 0.15) is 18.4 Å². The van der Waals surface area contributed by atoms with Crippen molar-refractivity contribution in [1.29, 1.82) is 0 Å². The zero-order valence-electron chi connectivity index (χ0n) is 12.3. The summed E-state index contributed by atoms with van der Waals surface area (Å²) in [5.74, 6) is 1.44. The molecular weight excluding hydrogens is 306 g/mol. The lowest BCUT2D eigenvalue weighted by Gasteiger charge is -2.07. The highest BCUT2D eigenvalue weighted by atomic mass is 19.3. The first-order chi connectivity index (χ1) is 11.2. The zero-order chi connectivity index (χ0) is 16.2. The number of hydrogen-bond donors (Lipinski definition) is 1. The Balaban J connectivity index is 1.68. The molecule has 23 heavy (non-hydrogen) atoms. The van der Waals surface area contributed by atoms with Gasteiger partial charge in [0.05, 0.1) is 18.4 Å². The van der Waals surface area contributed by atoms with Crippen molar-refractivity contribution in [1.82, 2.24) is 24.8 Å². The normalized spacial score (nSPS) is 11.1. The highest BCUT2D eigenvalue weighted by molar-refractivity contribution is 5.44. The molecule has 7 nitrogen and oxygen atoms in total. The Morgan fingerprint density at radius 3 is 2.78 bits per heavy atom. The van der Waals surface area contributed by atoms with Gasteiger partial charge in [0.15, 0.2) is 11.5 Å². The molecular formula is C14H14F2N6O. The Labute approximate surface area is 130 Å². The fourth-order valence-electron chi connectivity index (χ4n) is 2.02. The van der Waals surface area contributed by atoms with Crippen LogP contribution in [-0.4, -0.2) is 31.4 Å². The Kier molecular flexibility index (Phi) is 4.26. The largest absolute Gasteiger partial charge is 0.433 e. The maximum Gasteiger partial charge on any atom is 0.387 e. The number of hydrogen-bond acceptors (Lipinski definition) is 6. The predicted octanol–water partition coefficient (Wildman–Crippen LogP) is 2.30. The topological polar surface area (TPSA) is 77.2 Å². The number of halogens is 2. The molecule has 3 heterocycles. The second kappa shape index (κ2) is 6.51. The average Bonchev–Trinajstić information content (AvgIpc) is 2.96. The minimum Gasteiger partial charge on any atom is -0.433 e. The zero-order valence-corrected chi connectivity index (χ0v) is 12.3. The minimum absolute atomic E-state index is 0.0281. The Hall–Kier alpha value is -2.84. The number of pyridine rings is 1. The summed E-state index contributed by atoms with van der Waals surface area (Å²) < 4.78 is 30.1. The van der Waals surface area contributed by atoms with Crippen molar-refractivity contribution in [2.24, 2.45) is 0 Å². The molecule has 3 rings (SSSR count). The first kappa shape index (κ1) is 15.1. The van der Waals surface area contributed by atoms with Crippen LogP contribution in [-0.2, 0) is 13.0 Å². The molecule has 0 aromatic carbocycles. The van der Waals surface area contributed by atoms with Crippen molar-refractivity contribution < 1.29 is 13.5 Å². The van der Waals surface area contributed by atoms with E-state index in [-0.39, 0.29) is 5.75 Å². The van der Waals surface area contributed by atoms with Gasteiger partial charge in [0.25, 0.3) is 0 Å². The number of alkyl halides is 2. The molecule has 0 fully saturated rings. The molecule has 1 N–H and O–H groups in total. The van der Waals surface area contributed by atoms with Crippen molar-refractivity contribution in [2.45, 2.75) is 26.5 Å². The predicted molar refractivity (Wildman–Crippen MR) is 78.4 cm³/mol. The van der Waals surface area contributed by atoms with Gasteiger partial charge in [-0.25, -0.2) is 0 Å². The van der Waals surface area contributed by atoms with Crippen LogP contribution in [0.15, 0.2) is 30.5 Å². The summed E-state index contributed by atoms with van der Waals surface area (Å²) in [7, 11) is 0. The maximum atomic E-state index is 12.1. The Morgan fingerprint density at radius 2 is 2.09 bits per heavy atom. The molecule has 0 spiro atoms. The quantitative estimate of drug-likeness (QED) is 0.751. The van der Waals surface area contributed by atoms with E-state index in [0.717, 1.165) is 12.2 Å². The van der Waals surface area contributed by atoms with Crippen LogP contribution >= 0.6 is 0 Å². The van der Waals surface area contributed by atoms with Gasteiger partial charge in [-0.2, -0.15) is 13.3 Å². The van der Waals surface area contributed by atoms with E-state index in [1.54, 1.807) is 16.6 Å². The molecule has 0 unspecified atom stereocenters. The second-order valence-electron chi connectivity index (χ2n) is 4.68. The monoisotopic (exact) mass is 320 g/mol. The molecule has 0 amide bonds. The smallest absolute Gasteiger partial charge is 0.387 e. The van der Waals surface area contributed by atoms with E-state index < -0.39 is 6.61 Å². The van der Waals surface area contributed by atoms with E-state index in [4.69, 9.17) is 0 Å². The standard InChI is InChI=1S/C14H14F2N6O/c1-2-12-19-20-13-6-5-11(21-22(12)13)18-7-9-3-4-10(8-17-9)23-14(15)16/h3-6,8,14H,2,7H2,1H3,(H,18,21). The molecule has 120 valence electrons. The molecule has 0 radical (unpaired) electrons. The van der Waals surface area contributed by atoms with E-state index in [9.17, 15) is 8.78 Å². The molecule has 0 aliphatic rings. The fourth-order valence-corrected chi connectivity index (χ4v) is 2.02. The molecule has 3 aromatic heterocycles. The average molecular weight is 320 g/mol. The fraction of sp³-hybridized carbons (Fsp3) is 0.286. The maximum absolute atomic E-state index is 12.1. The van der Waals surface area contributed by atoms with Crippen LogP contribution in [0.5, 0.6) is 5.75 Å². The summed E-state index contributed by atoms with van der Waals surface area (Å²) in [5, 5.41) is 15.6. The lowest BCUT2D eigenvalue weighted by molar-refractivity contribution is -0.0500. The number of anilines is 1. The molecule has 9 heteroatoms. The highest BCUT2D eigenvalue weighted by Crippen LogP contribution is 2.13. The van der Waals surface area contributed by atoms with Gasteiger partial charge in [0.1, 0.15) is 11.6 Å². The number of fused-ring (bicyclic) bond motifs is 1. The van der Waals surface area contributed by atoms with E-state index in [2.05, 4.69) is 30.3 Å².